The zero-order valence-corrected chi connectivity index (χ0v) is 9.51. The van der Waals surface area contributed by atoms with E-state index in [0.29, 0.717) is 16.8 Å². The first-order valence-electron chi connectivity index (χ1n) is 5.18. The molecule has 0 fully saturated rings. The van der Waals surface area contributed by atoms with Gasteiger partial charge in [0.2, 0.25) is 0 Å². The van der Waals surface area contributed by atoms with E-state index < -0.39 is 11.7 Å². The van der Waals surface area contributed by atoms with Gasteiger partial charge in [-0.3, -0.25) is 4.98 Å². The number of aryl methyl sites for hydroxylation is 1. The standard InChI is InChI=1S/C13H10FNO3/c1-7-4-8(2-3-10(7)14)11-5-9(13(17)18)12(16)6-15-11/h2-6,16H,1H3,(H,17,18). The van der Waals surface area contributed by atoms with Gasteiger partial charge in [0.05, 0.1) is 11.9 Å². The van der Waals surface area contributed by atoms with Gasteiger partial charge < -0.3 is 10.2 Å². The van der Waals surface area contributed by atoms with E-state index in [-0.39, 0.29) is 11.4 Å². The van der Waals surface area contributed by atoms with Gasteiger partial charge in [0.1, 0.15) is 17.1 Å². The monoisotopic (exact) mass is 247 g/mol. The molecule has 0 aliphatic heterocycles. The number of carbonyl (C=O) groups is 1. The Balaban J connectivity index is 2.54. The molecule has 2 rings (SSSR count). The highest BCUT2D eigenvalue weighted by atomic mass is 19.1. The van der Waals surface area contributed by atoms with Crippen LogP contribution < -0.4 is 0 Å². The molecule has 2 N–H and O–H groups in total. The zero-order chi connectivity index (χ0) is 13.3. The third kappa shape index (κ3) is 2.15. The highest BCUT2D eigenvalue weighted by Gasteiger charge is 2.12. The average molecular weight is 247 g/mol. The second kappa shape index (κ2) is 4.44. The average Bonchev–Trinajstić information content (AvgIpc) is 2.33. The first-order valence-corrected chi connectivity index (χ1v) is 5.18. The molecule has 0 aliphatic rings. The lowest BCUT2D eigenvalue weighted by Gasteiger charge is -2.05. The smallest absolute Gasteiger partial charge is 0.339 e. The van der Waals surface area contributed by atoms with Crippen molar-refractivity contribution >= 4 is 5.97 Å². The van der Waals surface area contributed by atoms with Crippen molar-refractivity contribution in [3.63, 3.8) is 0 Å². The van der Waals surface area contributed by atoms with E-state index in [4.69, 9.17) is 5.11 Å². The Morgan fingerprint density at radius 3 is 2.67 bits per heavy atom. The minimum atomic E-state index is -1.24. The minimum Gasteiger partial charge on any atom is -0.505 e. The Hall–Kier alpha value is -2.43. The molecule has 1 aromatic heterocycles. The molecule has 1 heterocycles. The fourth-order valence-electron chi connectivity index (χ4n) is 1.58. The predicted octanol–water partition coefficient (Wildman–Crippen LogP) is 2.60. The minimum absolute atomic E-state index is 0.234. The van der Waals surface area contributed by atoms with Gasteiger partial charge in [-0.25, -0.2) is 9.18 Å². The molecule has 0 amide bonds. The predicted molar refractivity (Wildman–Crippen MR) is 63.0 cm³/mol. The van der Waals surface area contributed by atoms with Crippen LogP contribution >= 0.6 is 0 Å². The maximum Gasteiger partial charge on any atom is 0.339 e. The lowest BCUT2D eigenvalue weighted by atomic mass is 10.1. The third-order valence-corrected chi connectivity index (χ3v) is 2.57. The summed E-state index contributed by atoms with van der Waals surface area (Å²) in [5.41, 5.74) is 1.17. The van der Waals surface area contributed by atoms with Crippen LogP contribution in [0.4, 0.5) is 4.39 Å². The number of nitrogens with zero attached hydrogens (tertiary/aromatic N) is 1. The van der Waals surface area contributed by atoms with Crippen LogP contribution in [0.25, 0.3) is 11.3 Å². The molecule has 0 spiro atoms. The van der Waals surface area contributed by atoms with Crippen LogP contribution in [-0.4, -0.2) is 21.2 Å². The van der Waals surface area contributed by atoms with Crippen molar-refractivity contribution in [1.29, 1.82) is 0 Å². The van der Waals surface area contributed by atoms with E-state index in [1.807, 2.05) is 0 Å². The van der Waals surface area contributed by atoms with Crippen LogP contribution in [0.1, 0.15) is 15.9 Å². The summed E-state index contributed by atoms with van der Waals surface area (Å²) in [7, 11) is 0. The van der Waals surface area contributed by atoms with Crippen LogP contribution in [-0.2, 0) is 0 Å². The summed E-state index contributed by atoms with van der Waals surface area (Å²) >= 11 is 0. The van der Waals surface area contributed by atoms with Gasteiger partial charge in [0.25, 0.3) is 0 Å². The second-order valence-corrected chi connectivity index (χ2v) is 3.86. The Kier molecular flexibility index (Phi) is 2.97. The highest BCUT2D eigenvalue weighted by Crippen LogP contribution is 2.24. The van der Waals surface area contributed by atoms with Gasteiger partial charge in [0, 0.05) is 5.56 Å². The first kappa shape index (κ1) is 12.0. The van der Waals surface area contributed by atoms with Gasteiger partial charge in [-0.2, -0.15) is 0 Å². The molecule has 0 bridgehead atoms. The molecule has 5 heteroatoms. The van der Waals surface area contributed by atoms with Crippen molar-refractivity contribution in [2.45, 2.75) is 6.92 Å². The molecule has 0 atom stereocenters. The Labute approximate surface area is 102 Å². The van der Waals surface area contributed by atoms with Crippen molar-refractivity contribution in [2.75, 3.05) is 0 Å². The number of aromatic nitrogens is 1. The first-order chi connectivity index (χ1) is 8.49. The van der Waals surface area contributed by atoms with Gasteiger partial charge in [-0.05, 0) is 36.8 Å². The van der Waals surface area contributed by atoms with E-state index in [9.17, 15) is 14.3 Å². The zero-order valence-electron chi connectivity index (χ0n) is 9.51. The van der Waals surface area contributed by atoms with Crippen LogP contribution in [0, 0.1) is 12.7 Å². The topological polar surface area (TPSA) is 70.4 Å². The number of hydrogen-bond donors (Lipinski definition) is 2. The lowest BCUT2D eigenvalue weighted by Crippen LogP contribution is -1.98. The third-order valence-electron chi connectivity index (χ3n) is 2.57. The second-order valence-electron chi connectivity index (χ2n) is 3.86. The number of carboxylic acids is 1. The van der Waals surface area contributed by atoms with E-state index >= 15 is 0 Å². The van der Waals surface area contributed by atoms with Crippen LogP contribution in [0.3, 0.4) is 0 Å². The number of pyridine rings is 1. The Morgan fingerprint density at radius 1 is 1.33 bits per heavy atom. The van der Waals surface area contributed by atoms with Crippen molar-refractivity contribution in [3.05, 3.63) is 47.4 Å². The summed E-state index contributed by atoms with van der Waals surface area (Å²) in [6.07, 6.45) is 1.07. The van der Waals surface area contributed by atoms with Crippen molar-refractivity contribution in [3.8, 4) is 17.0 Å². The molecule has 0 unspecified atom stereocenters. The largest absolute Gasteiger partial charge is 0.505 e. The van der Waals surface area contributed by atoms with Crippen molar-refractivity contribution in [2.24, 2.45) is 0 Å². The fourth-order valence-corrected chi connectivity index (χ4v) is 1.58. The van der Waals surface area contributed by atoms with E-state index in [1.165, 1.54) is 18.2 Å². The van der Waals surface area contributed by atoms with Gasteiger partial charge in [0.15, 0.2) is 0 Å². The molecular formula is C13H10FNO3. The molecule has 92 valence electrons. The number of halogens is 1. The summed E-state index contributed by atoms with van der Waals surface area (Å²) in [6.45, 7) is 1.61. The maximum absolute atomic E-state index is 13.1. The fraction of sp³-hybridized carbons (Fsp3) is 0.0769. The van der Waals surface area contributed by atoms with Gasteiger partial charge in [-0.15, -0.1) is 0 Å². The lowest BCUT2D eigenvalue weighted by molar-refractivity contribution is 0.0693. The molecule has 4 nitrogen and oxygen atoms in total. The number of rotatable bonds is 2. The molecule has 0 aliphatic carbocycles. The number of aromatic hydroxyl groups is 1. The summed E-state index contributed by atoms with van der Waals surface area (Å²) in [4.78, 5) is 14.8. The van der Waals surface area contributed by atoms with Crippen LogP contribution in [0.2, 0.25) is 0 Å². The van der Waals surface area contributed by atoms with Crippen molar-refractivity contribution in [1.82, 2.24) is 4.98 Å². The SMILES string of the molecule is Cc1cc(-c2cc(C(=O)O)c(O)cn2)ccc1F. The molecule has 0 radical (unpaired) electrons. The Bertz CT molecular complexity index is 626. The number of carboxylic acid groups (broad SMARTS) is 1. The van der Waals surface area contributed by atoms with E-state index in [2.05, 4.69) is 4.98 Å². The number of aromatic carboxylic acids is 1. The summed E-state index contributed by atoms with van der Waals surface area (Å²) in [5, 5.41) is 18.2. The molecule has 0 saturated heterocycles. The number of benzene rings is 1. The molecule has 18 heavy (non-hydrogen) atoms. The summed E-state index contributed by atoms with van der Waals surface area (Å²) < 4.78 is 13.1. The quantitative estimate of drug-likeness (QED) is 0.855. The normalized spacial score (nSPS) is 10.3. The molecule has 1 aromatic carbocycles. The van der Waals surface area contributed by atoms with Crippen LogP contribution in [0.15, 0.2) is 30.5 Å². The summed E-state index contributed by atoms with van der Waals surface area (Å²) in [5.74, 6) is -1.98. The van der Waals surface area contributed by atoms with E-state index in [1.54, 1.807) is 13.0 Å². The highest BCUT2D eigenvalue weighted by molar-refractivity contribution is 5.91. The maximum atomic E-state index is 13.1. The van der Waals surface area contributed by atoms with Gasteiger partial charge >= 0.3 is 5.97 Å². The van der Waals surface area contributed by atoms with Crippen molar-refractivity contribution < 1.29 is 19.4 Å². The summed E-state index contributed by atoms with van der Waals surface area (Å²) in [6, 6.07) is 5.62. The number of hydrogen-bond acceptors (Lipinski definition) is 3. The molecule has 0 saturated carbocycles. The van der Waals surface area contributed by atoms with Gasteiger partial charge in [-0.1, -0.05) is 0 Å². The molecule has 2 aromatic rings. The van der Waals surface area contributed by atoms with Crippen LogP contribution in [0.5, 0.6) is 5.75 Å². The molecular weight excluding hydrogens is 237 g/mol. The van der Waals surface area contributed by atoms with E-state index in [0.717, 1.165) is 6.20 Å². The Morgan fingerprint density at radius 2 is 2.06 bits per heavy atom.